The van der Waals surface area contributed by atoms with E-state index in [9.17, 15) is 9.59 Å². The number of fused-ring (bicyclic) bond motifs is 1. The van der Waals surface area contributed by atoms with Gasteiger partial charge in [0, 0.05) is 37.2 Å². The first-order chi connectivity index (χ1) is 13.6. The third-order valence-corrected chi connectivity index (χ3v) is 4.78. The van der Waals surface area contributed by atoms with Crippen LogP contribution in [0.5, 0.6) is 17.2 Å². The summed E-state index contributed by atoms with van der Waals surface area (Å²) in [6.45, 7) is 1.13. The average Bonchev–Trinajstić information content (AvgIpc) is 3.32. The lowest BCUT2D eigenvalue weighted by molar-refractivity contribution is -0.117. The molecular weight excluding hydrogens is 362 g/mol. The Morgan fingerprint density at radius 1 is 1.21 bits per heavy atom. The molecule has 0 spiro atoms. The first-order valence-corrected chi connectivity index (χ1v) is 9.02. The van der Waals surface area contributed by atoms with Crippen LogP contribution in [-0.4, -0.2) is 38.9 Å². The number of hydrogen-bond acceptors (Lipinski definition) is 5. The van der Waals surface area contributed by atoms with Crippen molar-refractivity contribution in [1.82, 2.24) is 5.32 Å². The first kappa shape index (κ1) is 18.0. The summed E-state index contributed by atoms with van der Waals surface area (Å²) in [5.41, 5.74) is 1.36. The Labute approximate surface area is 162 Å². The average molecular weight is 383 g/mol. The molecular formula is C20H21N3O5. The highest BCUT2D eigenvalue weighted by Crippen LogP contribution is 2.37. The monoisotopic (exact) mass is 383 g/mol. The number of carbonyl (C=O) groups is 2. The Bertz CT molecular complexity index is 901. The molecule has 2 aromatic carbocycles. The Morgan fingerprint density at radius 3 is 2.89 bits per heavy atom. The molecule has 1 fully saturated rings. The maximum Gasteiger partial charge on any atom is 0.319 e. The summed E-state index contributed by atoms with van der Waals surface area (Å²) < 4.78 is 15.9. The highest BCUT2D eigenvalue weighted by Gasteiger charge is 2.31. The van der Waals surface area contributed by atoms with Crippen molar-refractivity contribution in [3.63, 3.8) is 0 Å². The summed E-state index contributed by atoms with van der Waals surface area (Å²) in [6.07, 6.45) is 0.378. The lowest BCUT2D eigenvalue weighted by Gasteiger charge is -2.17. The number of urea groups is 1. The van der Waals surface area contributed by atoms with Crippen LogP contribution in [0.1, 0.15) is 6.42 Å². The molecule has 0 aromatic heterocycles. The van der Waals surface area contributed by atoms with Gasteiger partial charge >= 0.3 is 6.03 Å². The fourth-order valence-corrected chi connectivity index (χ4v) is 3.37. The maximum absolute atomic E-state index is 12.4. The van der Waals surface area contributed by atoms with Gasteiger partial charge in [0.05, 0.1) is 12.8 Å². The zero-order valence-corrected chi connectivity index (χ0v) is 15.4. The molecule has 3 amide bonds. The van der Waals surface area contributed by atoms with Crippen LogP contribution in [0.4, 0.5) is 16.2 Å². The number of ether oxygens (including phenoxy) is 3. The van der Waals surface area contributed by atoms with Gasteiger partial charge in [-0.15, -0.1) is 0 Å². The van der Waals surface area contributed by atoms with Gasteiger partial charge in [0.15, 0.2) is 11.5 Å². The van der Waals surface area contributed by atoms with Gasteiger partial charge in [-0.05, 0) is 24.3 Å². The molecule has 146 valence electrons. The summed E-state index contributed by atoms with van der Waals surface area (Å²) in [5, 5.41) is 5.59. The second-order valence-electron chi connectivity index (χ2n) is 6.65. The van der Waals surface area contributed by atoms with Gasteiger partial charge in [0.25, 0.3) is 0 Å². The second-order valence-corrected chi connectivity index (χ2v) is 6.65. The molecule has 8 nitrogen and oxygen atoms in total. The number of anilines is 2. The van der Waals surface area contributed by atoms with Gasteiger partial charge < -0.3 is 29.7 Å². The zero-order chi connectivity index (χ0) is 19.5. The van der Waals surface area contributed by atoms with E-state index in [1.54, 1.807) is 30.2 Å². The summed E-state index contributed by atoms with van der Waals surface area (Å²) in [7, 11) is 1.55. The van der Waals surface area contributed by atoms with Crippen LogP contribution < -0.4 is 29.7 Å². The van der Waals surface area contributed by atoms with Crippen molar-refractivity contribution < 1.29 is 23.8 Å². The van der Waals surface area contributed by atoms with E-state index in [2.05, 4.69) is 10.6 Å². The van der Waals surface area contributed by atoms with E-state index in [0.29, 0.717) is 42.4 Å². The number of carbonyl (C=O) groups excluding carboxylic acids is 2. The topological polar surface area (TPSA) is 89.1 Å². The van der Waals surface area contributed by atoms with Crippen molar-refractivity contribution in [3.05, 3.63) is 42.5 Å². The standard InChI is InChI=1S/C20H21N3O5/c1-26-16-5-3-2-4-15(16)22-20(25)21-10-13-8-19(24)23(11-13)14-6-7-17-18(9-14)28-12-27-17/h2-7,9,13H,8,10-12H2,1H3,(H2,21,22,25)/t13-/m0/s1. The van der Waals surface area contributed by atoms with Gasteiger partial charge in [-0.2, -0.15) is 0 Å². The normalized spacial score (nSPS) is 17.5. The van der Waals surface area contributed by atoms with Gasteiger partial charge in [-0.25, -0.2) is 4.79 Å². The minimum absolute atomic E-state index is 0.0239. The summed E-state index contributed by atoms with van der Waals surface area (Å²) in [6, 6.07) is 12.3. The van der Waals surface area contributed by atoms with Crippen LogP contribution in [0.3, 0.4) is 0 Å². The van der Waals surface area contributed by atoms with Crippen molar-refractivity contribution in [2.75, 3.05) is 37.2 Å². The highest BCUT2D eigenvalue weighted by molar-refractivity contribution is 5.96. The predicted molar refractivity (Wildman–Crippen MR) is 103 cm³/mol. The minimum Gasteiger partial charge on any atom is -0.495 e. The van der Waals surface area contributed by atoms with Gasteiger partial charge in [0.2, 0.25) is 12.7 Å². The molecule has 1 saturated heterocycles. The van der Waals surface area contributed by atoms with Gasteiger partial charge in [0.1, 0.15) is 5.75 Å². The molecule has 0 aliphatic carbocycles. The van der Waals surface area contributed by atoms with E-state index >= 15 is 0 Å². The number of benzene rings is 2. The van der Waals surface area contributed by atoms with Gasteiger partial charge in [-0.3, -0.25) is 4.79 Å². The predicted octanol–water partition coefficient (Wildman–Crippen LogP) is 2.60. The third kappa shape index (κ3) is 3.66. The molecule has 8 heteroatoms. The van der Waals surface area contributed by atoms with Crippen molar-refractivity contribution in [2.45, 2.75) is 6.42 Å². The molecule has 0 bridgehead atoms. The van der Waals surface area contributed by atoms with Crippen molar-refractivity contribution >= 4 is 23.3 Å². The van der Waals surface area contributed by atoms with E-state index < -0.39 is 0 Å². The van der Waals surface area contributed by atoms with Crippen LogP contribution >= 0.6 is 0 Å². The van der Waals surface area contributed by atoms with E-state index in [4.69, 9.17) is 14.2 Å². The SMILES string of the molecule is COc1ccccc1NC(=O)NC[C@@H]1CC(=O)N(c2ccc3c(c2)OCO3)C1. The van der Waals surface area contributed by atoms with Crippen molar-refractivity contribution in [3.8, 4) is 17.2 Å². The Kier molecular flexibility index (Phi) is 4.92. The first-order valence-electron chi connectivity index (χ1n) is 9.02. The number of rotatable bonds is 5. The van der Waals surface area contributed by atoms with E-state index in [1.165, 1.54) is 0 Å². The van der Waals surface area contributed by atoms with Crippen LogP contribution in [0.25, 0.3) is 0 Å². The Morgan fingerprint density at radius 2 is 2.04 bits per heavy atom. The molecule has 0 radical (unpaired) electrons. The molecule has 2 aliphatic rings. The van der Waals surface area contributed by atoms with E-state index in [0.717, 1.165) is 5.69 Å². The van der Waals surface area contributed by atoms with E-state index in [1.807, 2.05) is 24.3 Å². The number of hydrogen-bond donors (Lipinski definition) is 2. The zero-order valence-electron chi connectivity index (χ0n) is 15.4. The molecule has 4 rings (SSSR count). The Hall–Kier alpha value is -3.42. The number of methoxy groups -OCH3 is 1. The molecule has 28 heavy (non-hydrogen) atoms. The molecule has 2 aromatic rings. The summed E-state index contributed by atoms with van der Waals surface area (Å²) in [5.74, 6) is 1.96. The largest absolute Gasteiger partial charge is 0.495 e. The van der Waals surface area contributed by atoms with Crippen LogP contribution in [0.2, 0.25) is 0 Å². The molecule has 2 aliphatic heterocycles. The quantitative estimate of drug-likeness (QED) is 0.829. The lowest BCUT2D eigenvalue weighted by atomic mass is 10.1. The number of nitrogens with one attached hydrogen (secondary N) is 2. The van der Waals surface area contributed by atoms with Crippen LogP contribution in [0.15, 0.2) is 42.5 Å². The lowest BCUT2D eigenvalue weighted by Crippen LogP contribution is -2.34. The molecule has 2 N–H and O–H groups in total. The van der Waals surface area contributed by atoms with Gasteiger partial charge in [-0.1, -0.05) is 12.1 Å². The number of amides is 3. The maximum atomic E-state index is 12.4. The number of para-hydroxylation sites is 2. The van der Waals surface area contributed by atoms with E-state index in [-0.39, 0.29) is 24.6 Å². The molecule has 0 saturated carbocycles. The summed E-state index contributed by atoms with van der Waals surface area (Å²) in [4.78, 5) is 26.3. The van der Waals surface area contributed by atoms with Crippen molar-refractivity contribution in [1.29, 1.82) is 0 Å². The highest BCUT2D eigenvalue weighted by atomic mass is 16.7. The van der Waals surface area contributed by atoms with Crippen LogP contribution in [-0.2, 0) is 4.79 Å². The number of nitrogens with zero attached hydrogens (tertiary/aromatic N) is 1. The summed E-state index contributed by atoms with van der Waals surface area (Å²) >= 11 is 0. The fourth-order valence-electron chi connectivity index (χ4n) is 3.37. The minimum atomic E-state index is -0.335. The van der Waals surface area contributed by atoms with Crippen LogP contribution in [0, 0.1) is 5.92 Å². The second kappa shape index (κ2) is 7.67. The molecule has 2 heterocycles. The molecule has 1 atom stereocenters. The smallest absolute Gasteiger partial charge is 0.319 e. The Balaban J connectivity index is 1.33. The van der Waals surface area contributed by atoms with Crippen molar-refractivity contribution in [2.24, 2.45) is 5.92 Å². The molecule has 0 unspecified atom stereocenters. The third-order valence-electron chi connectivity index (χ3n) is 4.78. The fraction of sp³-hybridized carbons (Fsp3) is 0.300.